The molecule has 182 valence electrons. The van der Waals surface area contributed by atoms with Crippen LogP contribution in [0.5, 0.6) is 5.88 Å². The molecular weight excluding hydrogens is 428 g/mol. The van der Waals surface area contributed by atoms with Gasteiger partial charge in [-0.3, -0.25) is 14.7 Å². The van der Waals surface area contributed by atoms with E-state index in [1.807, 2.05) is 32.2 Å². The van der Waals surface area contributed by atoms with E-state index in [4.69, 9.17) is 4.74 Å². The number of hydrogen-bond acceptors (Lipinski definition) is 6. The Morgan fingerprint density at radius 3 is 2.76 bits per heavy atom. The summed E-state index contributed by atoms with van der Waals surface area (Å²) >= 11 is 0. The number of hydrogen-bond donors (Lipinski definition) is 1. The zero-order valence-corrected chi connectivity index (χ0v) is 20.9. The minimum Gasteiger partial charge on any atom is -0.472 e. The van der Waals surface area contributed by atoms with Crippen molar-refractivity contribution in [3.8, 4) is 17.7 Å². The molecule has 3 atom stereocenters. The third-order valence-corrected chi connectivity index (χ3v) is 5.91. The number of amides is 1. The van der Waals surface area contributed by atoms with Crippen LogP contribution in [-0.2, 0) is 6.54 Å². The van der Waals surface area contributed by atoms with Crippen molar-refractivity contribution in [2.24, 2.45) is 11.8 Å². The van der Waals surface area contributed by atoms with Crippen LogP contribution in [0.15, 0.2) is 36.7 Å². The van der Waals surface area contributed by atoms with Gasteiger partial charge in [-0.25, -0.2) is 4.98 Å². The van der Waals surface area contributed by atoms with Gasteiger partial charge in [-0.1, -0.05) is 38.7 Å². The zero-order valence-electron chi connectivity index (χ0n) is 20.9. The van der Waals surface area contributed by atoms with Crippen molar-refractivity contribution >= 4 is 5.91 Å². The zero-order chi connectivity index (χ0) is 24.7. The lowest BCUT2D eigenvalue weighted by atomic mass is 10.00. The largest absolute Gasteiger partial charge is 0.472 e. The Morgan fingerprint density at radius 2 is 2.09 bits per heavy atom. The number of carbonyl (C=O) groups excluding carboxylic acids is 1. The molecule has 3 heterocycles. The summed E-state index contributed by atoms with van der Waals surface area (Å²) in [6, 6.07) is 7.33. The van der Waals surface area contributed by atoms with Crippen LogP contribution < -0.4 is 4.74 Å². The minimum atomic E-state index is -0.316. The van der Waals surface area contributed by atoms with Crippen molar-refractivity contribution in [1.29, 1.82) is 0 Å². The molecule has 3 rings (SSSR count). The first-order chi connectivity index (χ1) is 16.3. The van der Waals surface area contributed by atoms with E-state index in [2.05, 4.69) is 47.5 Å². The highest BCUT2D eigenvalue weighted by Crippen LogP contribution is 2.27. The van der Waals surface area contributed by atoms with Crippen LogP contribution in [0, 0.1) is 23.7 Å². The molecule has 0 saturated heterocycles. The van der Waals surface area contributed by atoms with Gasteiger partial charge in [-0.15, -0.1) is 0 Å². The molecule has 0 aliphatic carbocycles. The lowest BCUT2D eigenvalue weighted by molar-refractivity contribution is 0.0324. The molecule has 1 aliphatic rings. The molecule has 1 aliphatic heterocycles. The van der Waals surface area contributed by atoms with E-state index in [-0.39, 0.29) is 30.6 Å². The number of pyridine rings is 2. The molecule has 0 fully saturated rings. The molecule has 2 aromatic heterocycles. The second kappa shape index (κ2) is 12.0. The van der Waals surface area contributed by atoms with Crippen molar-refractivity contribution in [1.82, 2.24) is 19.8 Å². The number of ether oxygens (including phenoxy) is 1. The van der Waals surface area contributed by atoms with Gasteiger partial charge in [0.05, 0.1) is 18.3 Å². The second-order valence-corrected chi connectivity index (χ2v) is 9.62. The molecule has 0 radical (unpaired) electrons. The maximum atomic E-state index is 13.5. The van der Waals surface area contributed by atoms with E-state index in [0.29, 0.717) is 42.6 Å². The maximum absolute atomic E-state index is 13.5. The first kappa shape index (κ1) is 25.7. The Balaban J connectivity index is 1.89. The fourth-order valence-electron chi connectivity index (χ4n) is 3.89. The number of aliphatic hydroxyl groups is 1. The third-order valence-electron chi connectivity index (χ3n) is 5.91. The average molecular weight is 465 g/mol. The highest BCUT2D eigenvalue weighted by molar-refractivity contribution is 5.97. The summed E-state index contributed by atoms with van der Waals surface area (Å²) in [5.41, 5.74) is 2.06. The monoisotopic (exact) mass is 464 g/mol. The van der Waals surface area contributed by atoms with Gasteiger partial charge < -0.3 is 14.7 Å². The Kier molecular flexibility index (Phi) is 9.03. The molecule has 1 N–H and O–H groups in total. The summed E-state index contributed by atoms with van der Waals surface area (Å²) in [5.74, 6) is 6.90. The number of fused-ring (bicyclic) bond motifs is 1. The topological polar surface area (TPSA) is 78.8 Å². The Hall–Kier alpha value is -2.95. The number of rotatable bonds is 7. The van der Waals surface area contributed by atoms with Crippen molar-refractivity contribution < 1.29 is 14.6 Å². The van der Waals surface area contributed by atoms with Gasteiger partial charge in [0, 0.05) is 49.9 Å². The predicted molar refractivity (Wildman–Crippen MR) is 132 cm³/mol. The average Bonchev–Trinajstić information content (AvgIpc) is 2.81. The van der Waals surface area contributed by atoms with E-state index in [9.17, 15) is 9.90 Å². The Labute approximate surface area is 203 Å². The highest BCUT2D eigenvalue weighted by atomic mass is 16.5. The number of carbonyl (C=O) groups is 1. The Bertz CT molecular complexity index is 1020. The predicted octanol–water partition coefficient (Wildman–Crippen LogP) is 3.23. The third kappa shape index (κ3) is 6.78. The summed E-state index contributed by atoms with van der Waals surface area (Å²) in [6.07, 6.45) is 4.04. The molecule has 2 aromatic rings. The van der Waals surface area contributed by atoms with Gasteiger partial charge in [-0.05, 0) is 38.1 Å². The van der Waals surface area contributed by atoms with Crippen LogP contribution in [-0.4, -0.2) is 69.7 Å². The molecule has 0 aromatic carbocycles. The SMILES string of the molecule is CC(C)CC#Cc1cnc2c(c1)C(=O)N([C@H](C)CO)C[C@@H](C)[C@H](CN(C)Cc1ccccn1)O2. The van der Waals surface area contributed by atoms with Crippen LogP contribution in [0.25, 0.3) is 0 Å². The van der Waals surface area contributed by atoms with Gasteiger partial charge in [0.25, 0.3) is 5.91 Å². The van der Waals surface area contributed by atoms with E-state index < -0.39 is 0 Å². The Morgan fingerprint density at radius 1 is 1.29 bits per heavy atom. The molecule has 1 amide bonds. The van der Waals surface area contributed by atoms with Gasteiger partial charge in [0.1, 0.15) is 11.7 Å². The highest BCUT2D eigenvalue weighted by Gasteiger charge is 2.34. The van der Waals surface area contributed by atoms with Crippen LogP contribution in [0.1, 0.15) is 55.7 Å². The van der Waals surface area contributed by atoms with Crippen LogP contribution in [0.4, 0.5) is 0 Å². The fourth-order valence-corrected chi connectivity index (χ4v) is 3.89. The van der Waals surface area contributed by atoms with E-state index >= 15 is 0 Å². The molecular formula is C27H36N4O3. The smallest absolute Gasteiger partial charge is 0.259 e. The lowest BCUT2D eigenvalue weighted by Gasteiger charge is -2.37. The first-order valence-corrected chi connectivity index (χ1v) is 11.9. The maximum Gasteiger partial charge on any atom is 0.259 e. The number of likely N-dealkylation sites (N-methyl/N-ethyl adjacent to an activating group) is 1. The van der Waals surface area contributed by atoms with E-state index in [1.54, 1.807) is 23.4 Å². The van der Waals surface area contributed by atoms with Crippen LogP contribution >= 0.6 is 0 Å². The first-order valence-electron chi connectivity index (χ1n) is 11.9. The quantitative estimate of drug-likeness (QED) is 0.634. The van der Waals surface area contributed by atoms with Crippen LogP contribution in [0.2, 0.25) is 0 Å². The summed E-state index contributed by atoms with van der Waals surface area (Å²) in [4.78, 5) is 26.3. The van der Waals surface area contributed by atoms with Gasteiger partial charge >= 0.3 is 0 Å². The normalized spacial score (nSPS) is 19.1. The van der Waals surface area contributed by atoms with E-state index in [1.165, 1.54) is 0 Å². The molecule has 34 heavy (non-hydrogen) atoms. The summed E-state index contributed by atoms with van der Waals surface area (Å²) in [7, 11) is 2.03. The van der Waals surface area contributed by atoms with Gasteiger partial charge in [-0.2, -0.15) is 0 Å². The van der Waals surface area contributed by atoms with Gasteiger partial charge in [0.15, 0.2) is 0 Å². The number of aromatic nitrogens is 2. The molecule has 0 spiro atoms. The summed E-state index contributed by atoms with van der Waals surface area (Å²) in [6.45, 7) is 9.86. The molecule has 7 nitrogen and oxygen atoms in total. The molecule has 7 heteroatoms. The summed E-state index contributed by atoms with van der Waals surface area (Å²) in [5, 5.41) is 9.82. The van der Waals surface area contributed by atoms with Gasteiger partial charge in [0.2, 0.25) is 5.88 Å². The van der Waals surface area contributed by atoms with Crippen molar-refractivity contribution in [3.63, 3.8) is 0 Å². The van der Waals surface area contributed by atoms with Crippen molar-refractivity contribution in [3.05, 3.63) is 53.5 Å². The lowest BCUT2D eigenvalue weighted by Crippen LogP contribution is -2.49. The minimum absolute atomic E-state index is 0.0320. The second-order valence-electron chi connectivity index (χ2n) is 9.62. The molecule has 0 saturated carbocycles. The summed E-state index contributed by atoms with van der Waals surface area (Å²) < 4.78 is 6.36. The van der Waals surface area contributed by atoms with Crippen molar-refractivity contribution in [2.45, 2.75) is 52.8 Å². The number of nitrogens with zero attached hydrogens (tertiary/aromatic N) is 4. The molecule has 0 unspecified atom stereocenters. The van der Waals surface area contributed by atoms with E-state index in [0.717, 1.165) is 12.1 Å². The standard InChI is InChI=1S/C27H36N4O3/c1-19(2)9-8-10-22-13-24-26(29-14-22)34-25(17-30(5)16-23-11-6-7-12-28-23)20(3)15-31(27(24)33)21(4)18-32/h6-7,11-14,19-21,25,32H,9,15-18H2,1-5H3/t20-,21-,25+/m1/s1. The molecule has 0 bridgehead atoms. The fraction of sp³-hybridized carbons (Fsp3) is 0.519. The van der Waals surface area contributed by atoms with Crippen molar-refractivity contribution in [2.75, 3.05) is 26.7 Å². The number of aliphatic hydroxyl groups excluding tert-OH is 1. The van der Waals surface area contributed by atoms with Crippen LogP contribution in [0.3, 0.4) is 0 Å².